The summed E-state index contributed by atoms with van der Waals surface area (Å²) in [6.07, 6.45) is -0.254. The Labute approximate surface area is 92.1 Å². The van der Waals surface area contributed by atoms with Gasteiger partial charge in [-0.05, 0) is 17.7 Å². The van der Waals surface area contributed by atoms with Crippen molar-refractivity contribution in [2.75, 3.05) is 6.54 Å². The largest absolute Gasteiger partial charge is 0.304 e. The number of hydrogen-bond acceptors (Lipinski definition) is 1. The first-order chi connectivity index (χ1) is 6.57. The van der Waals surface area contributed by atoms with Crippen LogP contribution in [0.15, 0.2) is 24.3 Å². The average molecular weight is 238 g/mol. The lowest BCUT2D eigenvalue weighted by atomic mass is 10.0. The molecule has 0 bridgehead atoms. The Morgan fingerprint density at radius 1 is 1.33 bits per heavy atom. The van der Waals surface area contributed by atoms with Crippen LogP contribution in [0.3, 0.4) is 0 Å². The van der Waals surface area contributed by atoms with Crippen LogP contribution in [0.5, 0.6) is 0 Å². The quantitative estimate of drug-likeness (QED) is 0.792. The normalized spacial score (nSPS) is 23.5. The van der Waals surface area contributed by atoms with Crippen molar-refractivity contribution >= 4 is 12.4 Å². The summed E-state index contributed by atoms with van der Waals surface area (Å²) in [4.78, 5) is 0. The van der Waals surface area contributed by atoms with Crippen molar-refractivity contribution in [1.82, 2.24) is 5.32 Å². The molecule has 0 amide bonds. The molecule has 1 aromatic carbocycles. The van der Waals surface area contributed by atoms with Crippen LogP contribution in [0.25, 0.3) is 0 Å². The van der Waals surface area contributed by atoms with Gasteiger partial charge in [-0.3, -0.25) is 0 Å². The molecule has 0 radical (unpaired) electrons. The van der Waals surface area contributed by atoms with E-state index in [0.29, 0.717) is 5.56 Å². The van der Waals surface area contributed by atoms with E-state index in [1.807, 2.05) is 0 Å². The molecule has 0 saturated carbocycles. The van der Waals surface area contributed by atoms with Crippen molar-refractivity contribution in [2.24, 2.45) is 0 Å². The lowest BCUT2D eigenvalue weighted by Gasteiger charge is -2.10. The van der Waals surface area contributed by atoms with Gasteiger partial charge in [0, 0.05) is 12.5 Å². The van der Waals surface area contributed by atoms with E-state index in [4.69, 9.17) is 0 Å². The summed E-state index contributed by atoms with van der Waals surface area (Å²) in [5.74, 6) is -3.06. The molecular formula is C10H11ClF3N. The zero-order chi connectivity index (χ0) is 10.2. The van der Waals surface area contributed by atoms with Gasteiger partial charge in [-0.1, -0.05) is 12.1 Å². The first kappa shape index (κ1) is 12.3. The average Bonchev–Trinajstić information content (AvgIpc) is 2.46. The molecule has 1 N–H and O–H groups in total. The summed E-state index contributed by atoms with van der Waals surface area (Å²) in [5.41, 5.74) is 0.585. The van der Waals surface area contributed by atoms with Gasteiger partial charge in [-0.2, -0.15) is 0 Å². The molecule has 0 aromatic heterocycles. The van der Waals surface area contributed by atoms with Crippen molar-refractivity contribution in [3.8, 4) is 0 Å². The number of halogens is 4. The van der Waals surface area contributed by atoms with Crippen LogP contribution in [0.4, 0.5) is 13.2 Å². The van der Waals surface area contributed by atoms with Gasteiger partial charge in [0.25, 0.3) is 5.92 Å². The van der Waals surface area contributed by atoms with E-state index in [0.717, 1.165) is 0 Å². The van der Waals surface area contributed by atoms with Crippen LogP contribution in [0.1, 0.15) is 18.0 Å². The highest BCUT2D eigenvalue weighted by molar-refractivity contribution is 5.85. The topological polar surface area (TPSA) is 12.0 Å². The summed E-state index contributed by atoms with van der Waals surface area (Å²) < 4.78 is 38.4. The fraction of sp³-hybridized carbons (Fsp3) is 0.400. The van der Waals surface area contributed by atoms with Crippen LogP contribution in [-0.4, -0.2) is 12.5 Å². The zero-order valence-electron chi connectivity index (χ0n) is 7.84. The number of nitrogens with one attached hydrogen (secondary N) is 1. The summed E-state index contributed by atoms with van der Waals surface area (Å²) in [5, 5.41) is 2.67. The Morgan fingerprint density at radius 3 is 2.60 bits per heavy atom. The predicted octanol–water partition coefficient (Wildman–Crippen LogP) is 2.92. The molecule has 2 rings (SSSR count). The van der Waals surface area contributed by atoms with E-state index in [9.17, 15) is 13.2 Å². The molecule has 1 aromatic rings. The molecule has 15 heavy (non-hydrogen) atoms. The van der Waals surface area contributed by atoms with Crippen molar-refractivity contribution in [2.45, 2.75) is 18.4 Å². The van der Waals surface area contributed by atoms with Gasteiger partial charge in [0.15, 0.2) is 0 Å². The number of rotatable bonds is 1. The van der Waals surface area contributed by atoms with E-state index in [2.05, 4.69) is 5.32 Å². The van der Waals surface area contributed by atoms with Gasteiger partial charge in [0.2, 0.25) is 0 Å². The van der Waals surface area contributed by atoms with Crippen molar-refractivity contribution < 1.29 is 13.2 Å². The van der Waals surface area contributed by atoms with Crippen molar-refractivity contribution in [3.05, 3.63) is 35.6 Å². The van der Waals surface area contributed by atoms with E-state index in [-0.39, 0.29) is 31.2 Å². The lowest BCUT2D eigenvalue weighted by molar-refractivity contribution is 0.0210. The van der Waals surface area contributed by atoms with Crippen LogP contribution in [-0.2, 0) is 0 Å². The van der Waals surface area contributed by atoms with Gasteiger partial charge in [-0.15, -0.1) is 12.4 Å². The molecule has 1 heterocycles. The first-order valence-electron chi connectivity index (χ1n) is 4.43. The van der Waals surface area contributed by atoms with Crippen LogP contribution < -0.4 is 5.32 Å². The molecule has 1 saturated heterocycles. The molecule has 1 unspecified atom stereocenters. The molecule has 1 aliphatic rings. The Balaban J connectivity index is 0.00000112. The first-order valence-corrected chi connectivity index (χ1v) is 4.43. The maximum Gasteiger partial charge on any atom is 0.262 e. The molecule has 5 heteroatoms. The van der Waals surface area contributed by atoms with Crippen molar-refractivity contribution in [1.29, 1.82) is 0 Å². The summed E-state index contributed by atoms with van der Waals surface area (Å²) in [6.45, 7) is -0.325. The third-order valence-corrected chi connectivity index (χ3v) is 2.36. The molecular weight excluding hydrogens is 227 g/mol. The lowest BCUT2D eigenvalue weighted by Crippen LogP contribution is -2.19. The van der Waals surface area contributed by atoms with E-state index in [1.54, 1.807) is 6.07 Å². The molecule has 84 valence electrons. The molecule has 0 aliphatic carbocycles. The summed E-state index contributed by atoms with van der Waals surface area (Å²) in [6, 6.07) is 5.35. The summed E-state index contributed by atoms with van der Waals surface area (Å²) >= 11 is 0. The smallest absolute Gasteiger partial charge is 0.262 e. The number of hydrogen-bond donors (Lipinski definition) is 1. The molecule has 1 atom stereocenters. The highest BCUT2D eigenvalue weighted by Gasteiger charge is 2.39. The van der Waals surface area contributed by atoms with Gasteiger partial charge in [-0.25, -0.2) is 13.2 Å². The van der Waals surface area contributed by atoms with Crippen LogP contribution in [0.2, 0.25) is 0 Å². The third kappa shape index (κ3) is 2.86. The fourth-order valence-corrected chi connectivity index (χ4v) is 1.67. The Bertz CT molecular complexity index is 343. The minimum absolute atomic E-state index is 0. The van der Waals surface area contributed by atoms with E-state index in [1.165, 1.54) is 18.2 Å². The Kier molecular flexibility index (Phi) is 3.62. The summed E-state index contributed by atoms with van der Waals surface area (Å²) in [7, 11) is 0. The van der Waals surface area contributed by atoms with Crippen LogP contribution in [0, 0.1) is 5.82 Å². The number of alkyl halides is 2. The van der Waals surface area contributed by atoms with E-state index >= 15 is 0 Å². The second-order valence-electron chi connectivity index (χ2n) is 3.55. The maximum absolute atomic E-state index is 12.8. The van der Waals surface area contributed by atoms with E-state index < -0.39 is 12.0 Å². The Hall–Kier alpha value is -0.740. The van der Waals surface area contributed by atoms with Gasteiger partial charge < -0.3 is 5.32 Å². The van der Waals surface area contributed by atoms with Gasteiger partial charge >= 0.3 is 0 Å². The second kappa shape index (κ2) is 4.41. The van der Waals surface area contributed by atoms with Gasteiger partial charge in [0.05, 0.1) is 6.54 Å². The SMILES string of the molecule is Cl.Fc1cccc(C2CC(F)(F)CN2)c1. The second-order valence-corrected chi connectivity index (χ2v) is 3.55. The predicted molar refractivity (Wildman–Crippen MR) is 54.0 cm³/mol. The monoisotopic (exact) mass is 237 g/mol. The minimum atomic E-state index is -2.67. The minimum Gasteiger partial charge on any atom is -0.304 e. The third-order valence-electron chi connectivity index (χ3n) is 2.36. The van der Waals surface area contributed by atoms with Crippen molar-refractivity contribution in [3.63, 3.8) is 0 Å². The Morgan fingerprint density at radius 2 is 2.07 bits per heavy atom. The zero-order valence-corrected chi connectivity index (χ0v) is 8.66. The molecule has 0 spiro atoms. The van der Waals surface area contributed by atoms with Crippen LogP contribution >= 0.6 is 12.4 Å². The highest BCUT2D eigenvalue weighted by atomic mass is 35.5. The molecule has 1 aliphatic heterocycles. The highest BCUT2D eigenvalue weighted by Crippen LogP contribution is 2.33. The van der Waals surface area contributed by atoms with Gasteiger partial charge in [0.1, 0.15) is 5.82 Å². The molecule has 1 fully saturated rings. The standard InChI is InChI=1S/C10H10F3N.ClH/c11-8-3-1-2-7(4-8)9-5-10(12,13)6-14-9;/h1-4,9,14H,5-6H2;1H. The maximum atomic E-state index is 12.8. The fourth-order valence-electron chi connectivity index (χ4n) is 1.67. The number of benzene rings is 1. The molecule has 1 nitrogen and oxygen atoms in total.